The van der Waals surface area contributed by atoms with Gasteiger partial charge in [-0.25, -0.2) is 9.97 Å². The second kappa shape index (κ2) is 3.19. The Balaban J connectivity index is 2.11. The molecule has 2 atom stereocenters. The van der Waals surface area contributed by atoms with Crippen LogP contribution in [0.25, 0.3) is 0 Å². The number of aliphatic hydroxyl groups is 1. The van der Waals surface area contributed by atoms with Crippen molar-refractivity contribution in [3.05, 3.63) is 24.3 Å². The third-order valence-corrected chi connectivity index (χ3v) is 2.46. The van der Waals surface area contributed by atoms with Crippen LogP contribution in [0.2, 0.25) is 0 Å². The van der Waals surface area contributed by atoms with Gasteiger partial charge in [-0.05, 0) is 30.7 Å². The zero-order chi connectivity index (χ0) is 8.39. The molecular formula is C9H12N2O. The molecular weight excluding hydrogens is 152 g/mol. The highest BCUT2D eigenvalue weighted by atomic mass is 16.3. The molecule has 1 aliphatic carbocycles. The highest BCUT2D eigenvalue weighted by Gasteiger charge is 2.24. The normalized spacial score (nSPS) is 29.1. The molecule has 64 valence electrons. The molecule has 0 aromatic carbocycles. The molecule has 1 heterocycles. The fourth-order valence-corrected chi connectivity index (χ4v) is 1.78. The molecule has 0 saturated heterocycles. The van der Waals surface area contributed by atoms with E-state index >= 15 is 0 Å². The van der Waals surface area contributed by atoms with Crippen molar-refractivity contribution in [2.45, 2.75) is 31.3 Å². The summed E-state index contributed by atoms with van der Waals surface area (Å²) in [7, 11) is 0. The quantitative estimate of drug-likeness (QED) is 0.676. The van der Waals surface area contributed by atoms with E-state index in [1.807, 2.05) is 12.4 Å². The first-order valence-corrected chi connectivity index (χ1v) is 4.29. The molecule has 0 spiro atoms. The molecule has 1 fully saturated rings. The van der Waals surface area contributed by atoms with Crippen LogP contribution in [-0.2, 0) is 0 Å². The molecule has 3 heteroatoms. The summed E-state index contributed by atoms with van der Waals surface area (Å²) in [5, 5.41) is 9.32. The largest absolute Gasteiger partial charge is 0.393 e. The summed E-state index contributed by atoms with van der Waals surface area (Å²) in [6, 6.07) is 0. The Morgan fingerprint density at radius 2 is 2.00 bits per heavy atom. The van der Waals surface area contributed by atoms with Crippen molar-refractivity contribution < 1.29 is 5.11 Å². The van der Waals surface area contributed by atoms with Crippen LogP contribution in [0.15, 0.2) is 18.7 Å². The number of rotatable bonds is 1. The molecule has 1 aliphatic rings. The van der Waals surface area contributed by atoms with Crippen molar-refractivity contribution in [2.24, 2.45) is 0 Å². The van der Waals surface area contributed by atoms with Crippen molar-refractivity contribution in [2.75, 3.05) is 0 Å². The monoisotopic (exact) mass is 164 g/mol. The van der Waals surface area contributed by atoms with Crippen molar-refractivity contribution in [3.63, 3.8) is 0 Å². The smallest absolute Gasteiger partial charge is 0.115 e. The SMILES string of the molecule is OC1CCC(c2cncnc2)C1. The van der Waals surface area contributed by atoms with Crippen LogP contribution in [0.1, 0.15) is 30.7 Å². The first-order chi connectivity index (χ1) is 5.86. The van der Waals surface area contributed by atoms with Gasteiger partial charge < -0.3 is 5.11 Å². The van der Waals surface area contributed by atoms with Gasteiger partial charge in [0, 0.05) is 12.4 Å². The number of aromatic nitrogens is 2. The van der Waals surface area contributed by atoms with Crippen molar-refractivity contribution in [1.29, 1.82) is 0 Å². The Morgan fingerprint density at radius 3 is 2.58 bits per heavy atom. The molecule has 3 nitrogen and oxygen atoms in total. The first kappa shape index (κ1) is 7.68. The topological polar surface area (TPSA) is 46.0 Å². The lowest BCUT2D eigenvalue weighted by Crippen LogP contribution is -1.99. The number of aliphatic hydroxyl groups excluding tert-OH is 1. The zero-order valence-electron chi connectivity index (χ0n) is 6.85. The number of hydrogen-bond donors (Lipinski definition) is 1. The molecule has 0 radical (unpaired) electrons. The van der Waals surface area contributed by atoms with Gasteiger partial charge in [-0.2, -0.15) is 0 Å². The van der Waals surface area contributed by atoms with Gasteiger partial charge in [0.1, 0.15) is 6.33 Å². The van der Waals surface area contributed by atoms with Crippen LogP contribution in [-0.4, -0.2) is 21.2 Å². The molecule has 1 saturated carbocycles. The molecule has 1 aromatic rings. The Bertz CT molecular complexity index is 250. The van der Waals surface area contributed by atoms with E-state index in [1.165, 1.54) is 6.33 Å². The number of nitrogens with zero attached hydrogens (tertiary/aromatic N) is 2. The Kier molecular flexibility index (Phi) is 2.04. The maximum Gasteiger partial charge on any atom is 0.115 e. The van der Waals surface area contributed by atoms with Crippen molar-refractivity contribution in [1.82, 2.24) is 9.97 Å². The van der Waals surface area contributed by atoms with Gasteiger partial charge in [0.15, 0.2) is 0 Å². The zero-order valence-corrected chi connectivity index (χ0v) is 6.85. The molecule has 0 amide bonds. The van der Waals surface area contributed by atoms with Crippen LogP contribution in [0.4, 0.5) is 0 Å². The summed E-state index contributed by atoms with van der Waals surface area (Å²) in [5.74, 6) is 0.473. The van der Waals surface area contributed by atoms with Crippen LogP contribution in [0.3, 0.4) is 0 Å². The minimum absolute atomic E-state index is 0.116. The lowest BCUT2D eigenvalue weighted by molar-refractivity contribution is 0.181. The van der Waals surface area contributed by atoms with Crippen LogP contribution < -0.4 is 0 Å². The average molecular weight is 164 g/mol. The fourth-order valence-electron chi connectivity index (χ4n) is 1.78. The second-order valence-corrected chi connectivity index (χ2v) is 3.34. The van der Waals surface area contributed by atoms with E-state index in [0.29, 0.717) is 5.92 Å². The molecule has 2 rings (SSSR count). The summed E-state index contributed by atoms with van der Waals surface area (Å²) >= 11 is 0. The summed E-state index contributed by atoms with van der Waals surface area (Å²) in [6.45, 7) is 0. The molecule has 12 heavy (non-hydrogen) atoms. The molecule has 1 aromatic heterocycles. The Morgan fingerprint density at radius 1 is 1.25 bits per heavy atom. The Hall–Kier alpha value is -0.960. The maximum atomic E-state index is 9.32. The molecule has 0 aliphatic heterocycles. The van der Waals surface area contributed by atoms with Gasteiger partial charge in [-0.1, -0.05) is 0 Å². The summed E-state index contributed by atoms with van der Waals surface area (Å²) in [5.41, 5.74) is 1.16. The van der Waals surface area contributed by atoms with Crippen LogP contribution >= 0.6 is 0 Å². The highest BCUT2D eigenvalue weighted by molar-refractivity contribution is 5.12. The summed E-state index contributed by atoms with van der Waals surface area (Å²) in [4.78, 5) is 7.92. The number of hydrogen-bond acceptors (Lipinski definition) is 3. The predicted molar refractivity (Wildman–Crippen MR) is 44.6 cm³/mol. The first-order valence-electron chi connectivity index (χ1n) is 4.29. The second-order valence-electron chi connectivity index (χ2n) is 3.34. The lowest BCUT2D eigenvalue weighted by atomic mass is 10.0. The Labute approximate surface area is 71.5 Å². The van der Waals surface area contributed by atoms with Crippen LogP contribution in [0.5, 0.6) is 0 Å². The van der Waals surface area contributed by atoms with E-state index in [0.717, 1.165) is 24.8 Å². The highest BCUT2D eigenvalue weighted by Crippen LogP contribution is 2.33. The van der Waals surface area contributed by atoms with Crippen molar-refractivity contribution >= 4 is 0 Å². The summed E-state index contributed by atoms with van der Waals surface area (Å²) in [6.07, 6.45) is 7.96. The standard InChI is InChI=1S/C9H12N2O/c12-9-2-1-7(3-9)8-4-10-6-11-5-8/h4-7,9,12H,1-3H2. The average Bonchev–Trinajstić information content (AvgIpc) is 2.54. The van der Waals surface area contributed by atoms with Gasteiger partial charge in [-0.15, -0.1) is 0 Å². The lowest BCUT2D eigenvalue weighted by Gasteiger charge is -2.06. The predicted octanol–water partition coefficient (Wildman–Crippen LogP) is 1.10. The fraction of sp³-hybridized carbons (Fsp3) is 0.556. The van der Waals surface area contributed by atoms with Crippen LogP contribution in [0, 0.1) is 0 Å². The molecule has 1 N–H and O–H groups in total. The van der Waals surface area contributed by atoms with Gasteiger partial charge in [0.05, 0.1) is 6.10 Å². The minimum Gasteiger partial charge on any atom is -0.393 e. The summed E-state index contributed by atoms with van der Waals surface area (Å²) < 4.78 is 0. The third-order valence-electron chi connectivity index (χ3n) is 2.46. The van der Waals surface area contributed by atoms with E-state index in [-0.39, 0.29) is 6.10 Å². The molecule has 0 bridgehead atoms. The van der Waals surface area contributed by atoms with E-state index in [2.05, 4.69) is 9.97 Å². The minimum atomic E-state index is -0.116. The maximum absolute atomic E-state index is 9.32. The van der Waals surface area contributed by atoms with Gasteiger partial charge >= 0.3 is 0 Å². The van der Waals surface area contributed by atoms with E-state index in [1.54, 1.807) is 0 Å². The van der Waals surface area contributed by atoms with Crippen molar-refractivity contribution in [3.8, 4) is 0 Å². The molecule has 2 unspecified atom stereocenters. The van der Waals surface area contributed by atoms with Gasteiger partial charge in [-0.3, -0.25) is 0 Å². The van der Waals surface area contributed by atoms with E-state index in [9.17, 15) is 5.11 Å². The van der Waals surface area contributed by atoms with E-state index < -0.39 is 0 Å². The van der Waals surface area contributed by atoms with E-state index in [4.69, 9.17) is 0 Å². The third kappa shape index (κ3) is 1.46. The van der Waals surface area contributed by atoms with Gasteiger partial charge in [0.25, 0.3) is 0 Å². The van der Waals surface area contributed by atoms with Gasteiger partial charge in [0.2, 0.25) is 0 Å².